The van der Waals surface area contributed by atoms with E-state index in [4.69, 9.17) is 0 Å². The molecule has 20 heavy (non-hydrogen) atoms. The minimum Gasteiger partial charge on any atom is -0.313 e. The van der Waals surface area contributed by atoms with Gasteiger partial charge in [-0.2, -0.15) is 0 Å². The average Bonchev–Trinajstić information content (AvgIpc) is 2.43. The predicted molar refractivity (Wildman–Crippen MR) is 76.7 cm³/mol. The van der Waals surface area contributed by atoms with Crippen molar-refractivity contribution < 1.29 is 8.78 Å². The molecular weight excluding hydrogens is 260 g/mol. The summed E-state index contributed by atoms with van der Waals surface area (Å²) in [4.78, 5) is 4.57. The molecule has 0 spiro atoms. The molecule has 1 saturated heterocycles. The van der Waals surface area contributed by atoms with Crippen molar-refractivity contribution in [1.82, 2.24) is 15.1 Å². The van der Waals surface area contributed by atoms with Gasteiger partial charge in [0.25, 0.3) is 0 Å². The number of benzene rings is 1. The van der Waals surface area contributed by atoms with Gasteiger partial charge in [-0.3, -0.25) is 0 Å². The van der Waals surface area contributed by atoms with E-state index in [1.807, 2.05) is 0 Å². The Morgan fingerprint density at radius 3 is 2.75 bits per heavy atom. The summed E-state index contributed by atoms with van der Waals surface area (Å²) in [6.45, 7) is 3.00. The largest absolute Gasteiger partial charge is 0.313 e. The van der Waals surface area contributed by atoms with Crippen LogP contribution in [0.3, 0.4) is 0 Å². The van der Waals surface area contributed by atoms with Crippen molar-refractivity contribution in [2.24, 2.45) is 0 Å². The Kier molecular flexibility index (Phi) is 5.07. The third-order valence-corrected chi connectivity index (χ3v) is 4.19. The zero-order chi connectivity index (χ0) is 14.7. The molecule has 1 aromatic carbocycles. The molecule has 2 unspecified atom stereocenters. The Morgan fingerprint density at radius 1 is 1.30 bits per heavy atom. The highest BCUT2D eigenvalue weighted by molar-refractivity contribution is 5.22. The van der Waals surface area contributed by atoms with Crippen molar-refractivity contribution >= 4 is 0 Å². The number of likely N-dealkylation sites (N-methyl/N-ethyl adjacent to an activating group) is 2. The molecule has 1 aliphatic heterocycles. The first kappa shape index (κ1) is 15.4. The molecule has 3 nitrogen and oxygen atoms in total. The predicted octanol–water partition coefficient (Wildman–Crippen LogP) is 1.86. The van der Waals surface area contributed by atoms with Crippen LogP contribution in [0.4, 0.5) is 8.78 Å². The maximum Gasteiger partial charge on any atom is 0.163 e. The third-order valence-electron chi connectivity index (χ3n) is 4.19. The van der Waals surface area contributed by atoms with Crippen molar-refractivity contribution in [2.45, 2.75) is 18.5 Å². The molecule has 0 saturated carbocycles. The normalized spacial score (nSPS) is 22.9. The zero-order valence-electron chi connectivity index (χ0n) is 12.4. The fourth-order valence-electron chi connectivity index (χ4n) is 2.82. The summed E-state index contributed by atoms with van der Waals surface area (Å²) in [5.74, 6) is -1.52. The molecule has 0 amide bonds. The SMILES string of the molecule is CNC(CC1CN(C)CCN1C)c1cccc(F)c1F. The minimum absolute atomic E-state index is 0.176. The molecule has 1 aliphatic rings. The van der Waals surface area contributed by atoms with Gasteiger partial charge in [-0.1, -0.05) is 12.1 Å². The minimum atomic E-state index is -0.781. The molecule has 2 rings (SSSR count). The summed E-state index contributed by atoms with van der Waals surface area (Å²) >= 11 is 0. The lowest BCUT2D eigenvalue weighted by Crippen LogP contribution is -2.51. The Labute approximate surface area is 119 Å². The van der Waals surface area contributed by atoms with Gasteiger partial charge >= 0.3 is 0 Å². The fourth-order valence-corrected chi connectivity index (χ4v) is 2.82. The lowest BCUT2D eigenvalue weighted by Gasteiger charge is -2.39. The second kappa shape index (κ2) is 6.61. The van der Waals surface area contributed by atoms with Crippen LogP contribution in [0, 0.1) is 11.6 Å². The maximum atomic E-state index is 13.9. The highest BCUT2D eigenvalue weighted by Crippen LogP contribution is 2.25. The van der Waals surface area contributed by atoms with Crippen LogP contribution in [0.5, 0.6) is 0 Å². The third kappa shape index (κ3) is 3.34. The van der Waals surface area contributed by atoms with E-state index in [1.165, 1.54) is 0 Å². The molecule has 0 aliphatic carbocycles. The van der Waals surface area contributed by atoms with Gasteiger partial charge in [0, 0.05) is 37.3 Å². The Hall–Kier alpha value is -1.04. The van der Waals surface area contributed by atoms with Crippen LogP contribution < -0.4 is 5.32 Å². The lowest BCUT2D eigenvalue weighted by molar-refractivity contribution is 0.101. The number of piperazine rings is 1. The van der Waals surface area contributed by atoms with Crippen LogP contribution in [-0.2, 0) is 0 Å². The van der Waals surface area contributed by atoms with E-state index >= 15 is 0 Å². The van der Waals surface area contributed by atoms with Gasteiger partial charge in [-0.15, -0.1) is 0 Å². The number of rotatable bonds is 4. The van der Waals surface area contributed by atoms with Crippen molar-refractivity contribution in [3.05, 3.63) is 35.4 Å². The van der Waals surface area contributed by atoms with E-state index in [0.29, 0.717) is 11.6 Å². The molecule has 1 N–H and O–H groups in total. The summed E-state index contributed by atoms with van der Waals surface area (Å²) < 4.78 is 27.3. The van der Waals surface area contributed by atoms with Crippen molar-refractivity contribution in [1.29, 1.82) is 0 Å². The molecule has 0 aromatic heterocycles. The summed E-state index contributed by atoms with van der Waals surface area (Å²) in [5.41, 5.74) is 0.411. The molecule has 1 fully saturated rings. The second-order valence-electron chi connectivity index (χ2n) is 5.62. The van der Waals surface area contributed by atoms with Crippen LogP contribution >= 0.6 is 0 Å². The fraction of sp³-hybridized carbons (Fsp3) is 0.600. The van der Waals surface area contributed by atoms with Crippen LogP contribution in [0.1, 0.15) is 18.0 Å². The second-order valence-corrected chi connectivity index (χ2v) is 5.62. The summed E-state index contributed by atoms with van der Waals surface area (Å²) in [5, 5.41) is 3.12. The van der Waals surface area contributed by atoms with Gasteiger partial charge in [0.1, 0.15) is 0 Å². The number of halogens is 2. The first-order valence-corrected chi connectivity index (χ1v) is 7.03. The number of nitrogens with one attached hydrogen (secondary N) is 1. The van der Waals surface area contributed by atoms with Crippen molar-refractivity contribution in [2.75, 3.05) is 40.8 Å². The first-order chi connectivity index (χ1) is 9.52. The zero-order valence-corrected chi connectivity index (χ0v) is 12.4. The van der Waals surface area contributed by atoms with Gasteiger partial charge < -0.3 is 15.1 Å². The van der Waals surface area contributed by atoms with E-state index in [0.717, 1.165) is 32.1 Å². The van der Waals surface area contributed by atoms with E-state index in [1.54, 1.807) is 19.2 Å². The molecular formula is C15H23F2N3. The maximum absolute atomic E-state index is 13.9. The standard InChI is InChI=1S/C15H23F2N3/c1-18-14(12-5-4-6-13(16)15(12)17)9-11-10-19(2)7-8-20(11)3/h4-6,11,14,18H,7-10H2,1-3H3. The summed E-state index contributed by atoms with van der Waals surface area (Å²) in [6, 6.07) is 4.55. The first-order valence-electron chi connectivity index (χ1n) is 7.03. The van der Waals surface area contributed by atoms with Crippen molar-refractivity contribution in [3.63, 3.8) is 0 Å². The summed E-state index contributed by atoms with van der Waals surface area (Å²) in [7, 11) is 5.98. The Morgan fingerprint density at radius 2 is 2.05 bits per heavy atom. The molecule has 112 valence electrons. The molecule has 5 heteroatoms. The van der Waals surface area contributed by atoms with Gasteiger partial charge in [-0.25, -0.2) is 8.78 Å². The average molecular weight is 283 g/mol. The smallest absolute Gasteiger partial charge is 0.163 e. The van der Waals surface area contributed by atoms with Gasteiger partial charge in [0.15, 0.2) is 11.6 Å². The molecule has 1 aromatic rings. The highest BCUT2D eigenvalue weighted by atomic mass is 19.2. The number of nitrogens with zero attached hydrogens (tertiary/aromatic N) is 2. The molecule has 0 radical (unpaired) electrons. The quantitative estimate of drug-likeness (QED) is 0.910. The molecule has 0 bridgehead atoms. The Bertz CT molecular complexity index is 453. The van der Waals surface area contributed by atoms with Gasteiger partial charge in [-0.05, 0) is 33.6 Å². The Balaban J connectivity index is 2.14. The van der Waals surface area contributed by atoms with Crippen LogP contribution in [0.2, 0.25) is 0 Å². The lowest BCUT2D eigenvalue weighted by atomic mass is 9.96. The number of hydrogen-bond donors (Lipinski definition) is 1. The van der Waals surface area contributed by atoms with E-state index in [2.05, 4.69) is 29.2 Å². The van der Waals surface area contributed by atoms with E-state index in [-0.39, 0.29) is 6.04 Å². The highest BCUT2D eigenvalue weighted by Gasteiger charge is 2.27. The van der Waals surface area contributed by atoms with E-state index < -0.39 is 11.6 Å². The van der Waals surface area contributed by atoms with Crippen LogP contribution in [0.25, 0.3) is 0 Å². The van der Waals surface area contributed by atoms with Crippen LogP contribution in [-0.4, -0.2) is 56.6 Å². The molecule has 1 heterocycles. The van der Waals surface area contributed by atoms with Crippen LogP contribution in [0.15, 0.2) is 18.2 Å². The number of hydrogen-bond acceptors (Lipinski definition) is 3. The monoisotopic (exact) mass is 283 g/mol. The van der Waals surface area contributed by atoms with E-state index in [9.17, 15) is 8.78 Å². The topological polar surface area (TPSA) is 18.5 Å². The van der Waals surface area contributed by atoms with Gasteiger partial charge in [0.05, 0.1) is 0 Å². The van der Waals surface area contributed by atoms with Crippen molar-refractivity contribution in [3.8, 4) is 0 Å². The summed E-state index contributed by atoms with van der Waals surface area (Å²) in [6.07, 6.45) is 0.762. The van der Waals surface area contributed by atoms with Gasteiger partial charge in [0.2, 0.25) is 0 Å². The molecule has 2 atom stereocenters.